The van der Waals surface area contributed by atoms with Crippen molar-refractivity contribution in [3.63, 3.8) is 0 Å². The zero-order chi connectivity index (χ0) is 18.9. The van der Waals surface area contributed by atoms with E-state index in [4.69, 9.17) is 21.1 Å². The van der Waals surface area contributed by atoms with Crippen LogP contribution in [0.25, 0.3) is 0 Å². The van der Waals surface area contributed by atoms with Crippen LogP contribution in [0.3, 0.4) is 0 Å². The number of nitrogens with zero attached hydrogens (tertiary/aromatic N) is 2. The largest absolute Gasteiger partial charge is 0.493 e. The van der Waals surface area contributed by atoms with Gasteiger partial charge in [0, 0.05) is 25.5 Å². The molecule has 1 heterocycles. The zero-order valence-corrected chi connectivity index (χ0v) is 16.2. The molecule has 0 spiro atoms. The van der Waals surface area contributed by atoms with Crippen LogP contribution in [0, 0.1) is 0 Å². The van der Waals surface area contributed by atoms with Crippen LogP contribution in [-0.4, -0.2) is 23.2 Å². The Morgan fingerprint density at radius 3 is 2.74 bits per heavy atom. The van der Waals surface area contributed by atoms with Gasteiger partial charge in [-0.3, -0.25) is 0 Å². The van der Waals surface area contributed by atoms with Crippen molar-refractivity contribution in [3.05, 3.63) is 77.3 Å². The van der Waals surface area contributed by atoms with E-state index in [0.29, 0.717) is 23.1 Å². The van der Waals surface area contributed by atoms with Gasteiger partial charge in [0.2, 0.25) is 0 Å². The lowest BCUT2D eigenvalue weighted by atomic mass is 10.2. The van der Waals surface area contributed by atoms with E-state index >= 15 is 0 Å². The third-order valence-electron chi connectivity index (χ3n) is 4.17. The van der Waals surface area contributed by atoms with Gasteiger partial charge in [-0.2, -0.15) is 0 Å². The van der Waals surface area contributed by atoms with Crippen molar-refractivity contribution in [2.45, 2.75) is 26.1 Å². The summed E-state index contributed by atoms with van der Waals surface area (Å²) in [7, 11) is 1.63. The summed E-state index contributed by atoms with van der Waals surface area (Å²) in [5.41, 5.74) is 2.14. The van der Waals surface area contributed by atoms with Crippen LogP contribution in [0.1, 0.15) is 17.5 Å². The molecule has 0 bridgehead atoms. The Morgan fingerprint density at radius 1 is 1.15 bits per heavy atom. The maximum Gasteiger partial charge on any atom is 0.180 e. The third-order valence-corrected chi connectivity index (χ3v) is 4.45. The first-order valence-corrected chi connectivity index (χ1v) is 9.33. The lowest BCUT2D eigenvalue weighted by Gasteiger charge is -2.15. The van der Waals surface area contributed by atoms with Gasteiger partial charge in [0.25, 0.3) is 0 Å². The fourth-order valence-corrected chi connectivity index (χ4v) is 3.07. The normalized spacial score (nSPS) is 10.7. The highest BCUT2D eigenvalue weighted by molar-refractivity contribution is 6.32. The quantitative estimate of drug-likeness (QED) is 0.528. The van der Waals surface area contributed by atoms with Crippen molar-refractivity contribution in [3.8, 4) is 11.5 Å². The molecule has 3 rings (SSSR count). The molecule has 0 saturated carbocycles. The molecule has 3 aromatic rings. The van der Waals surface area contributed by atoms with E-state index in [1.54, 1.807) is 13.3 Å². The first-order chi connectivity index (χ1) is 13.3. The van der Waals surface area contributed by atoms with Gasteiger partial charge < -0.3 is 19.4 Å². The number of nitrogens with one attached hydrogen (secondary N) is 1. The number of ether oxygens (including phenoxy) is 2. The number of halogens is 1. The second-order valence-corrected chi connectivity index (χ2v) is 6.62. The molecule has 142 valence electrons. The van der Waals surface area contributed by atoms with Gasteiger partial charge in [0.15, 0.2) is 11.5 Å². The number of hydrogen-bond acceptors (Lipinski definition) is 4. The van der Waals surface area contributed by atoms with Gasteiger partial charge in [-0.05, 0) is 36.2 Å². The Balaban J connectivity index is 1.53. The molecular formula is C21H24ClN3O2. The molecule has 27 heavy (non-hydrogen) atoms. The highest BCUT2D eigenvalue weighted by Crippen LogP contribution is 2.37. The van der Waals surface area contributed by atoms with Crippen LogP contribution in [0.5, 0.6) is 11.5 Å². The molecule has 0 aliphatic rings. The monoisotopic (exact) mass is 385 g/mol. The van der Waals surface area contributed by atoms with E-state index in [1.165, 1.54) is 0 Å². The van der Waals surface area contributed by atoms with E-state index in [2.05, 4.69) is 14.9 Å². The maximum atomic E-state index is 6.44. The zero-order valence-electron chi connectivity index (χ0n) is 15.4. The lowest BCUT2D eigenvalue weighted by Crippen LogP contribution is -2.16. The van der Waals surface area contributed by atoms with Crippen LogP contribution in [-0.2, 0) is 19.7 Å². The molecule has 1 N–H and O–H groups in total. The number of methoxy groups -OCH3 is 1. The van der Waals surface area contributed by atoms with Crippen LogP contribution in [0.2, 0.25) is 5.02 Å². The SMILES string of the molecule is COc1cc(CNCCCn2ccnc2)cc(Cl)c1OCc1ccccc1. The van der Waals surface area contributed by atoms with Crippen molar-refractivity contribution >= 4 is 11.6 Å². The molecule has 0 saturated heterocycles. The molecule has 2 aromatic carbocycles. The van der Waals surface area contributed by atoms with Crippen LogP contribution >= 0.6 is 11.6 Å². The van der Waals surface area contributed by atoms with E-state index in [1.807, 2.05) is 55.0 Å². The van der Waals surface area contributed by atoms with Gasteiger partial charge in [-0.15, -0.1) is 0 Å². The van der Waals surface area contributed by atoms with Crippen LogP contribution in [0.4, 0.5) is 0 Å². The van der Waals surface area contributed by atoms with Crippen molar-refractivity contribution in [2.75, 3.05) is 13.7 Å². The molecule has 0 unspecified atom stereocenters. The maximum absolute atomic E-state index is 6.44. The molecule has 0 amide bonds. The Morgan fingerprint density at radius 2 is 2.00 bits per heavy atom. The van der Waals surface area contributed by atoms with Crippen molar-refractivity contribution < 1.29 is 9.47 Å². The summed E-state index contributed by atoms with van der Waals surface area (Å²) in [4.78, 5) is 4.04. The number of aryl methyl sites for hydroxylation is 1. The summed E-state index contributed by atoms with van der Waals surface area (Å²) in [5, 5.41) is 3.99. The Labute approximate surface area is 164 Å². The van der Waals surface area contributed by atoms with Crippen LogP contribution in [0.15, 0.2) is 61.2 Å². The molecule has 6 heteroatoms. The van der Waals surface area contributed by atoms with Crippen molar-refractivity contribution in [1.82, 2.24) is 14.9 Å². The highest BCUT2D eigenvalue weighted by Gasteiger charge is 2.12. The fraction of sp³-hybridized carbons (Fsp3) is 0.286. The minimum Gasteiger partial charge on any atom is -0.493 e. The minimum absolute atomic E-state index is 0.447. The molecule has 0 radical (unpaired) electrons. The van der Waals surface area contributed by atoms with Crippen molar-refractivity contribution in [1.29, 1.82) is 0 Å². The molecule has 5 nitrogen and oxygen atoms in total. The Bertz CT molecular complexity index is 823. The number of hydrogen-bond donors (Lipinski definition) is 1. The molecular weight excluding hydrogens is 362 g/mol. The summed E-state index contributed by atoms with van der Waals surface area (Å²) in [6.45, 7) is 3.02. The molecule has 0 fully saturated rings. The third kappa shape index (κ3) is 5.74. The summed E-state index contributed by atoms with van der Waals surface area (Å²) < 4.78 is 13.5. The minimum atomic E-state index is 0.447. The van der Waals surface area contributed by atoms with E-state index < -0.39 is 0 Å². The number of aromatic nitrogens is 2. The predicted octanol–water partition coefficient (Wildman–Crippen LogP) is 4.30. The number of imidazole rings is 1. The Kier molecular flexibility index (Phi) is 7.13. The molecule has 0 atom stereocenters. The standard InChI is InChI=1S/C21H24ClN3O2/c1-26-20-13-18(14-23-8-5-10-25-11-9-24-16-25)12-19(22)21(20)27-15-17-6-3-2-4-7-17/h2-4,6-7,9,11-13,16,23H,5,8,10,14-15H2,1H3. The van der Waals surface area contributed by atoms with E-state index in [-0.39, 0.29) is 0 Å². The predicted molar refractivity (Wildman–Crippen MR) is 107 cm³/mol. The summed E-state index contributed by atoms with van der Waals surface area (Å²) in [6, 6.07) is 13.9. The second-order valence-electron chi connectivity index (χ2n) is 6.21. The average molecular weight is 386 g/mol. The van der Waals surface area contributed by atoms with Gasteiger partial charge in [-0.1, -0.05) is 41.9 Å². The molecule has 0 aliphatic carbocycles. The van der Waals surface area contributed by atoms with Gasteiger partial charge in [-0.25, -0.2) is 4.98 Å². The van der Waals surface area contributed by atoms with E-state index in [9.17, 15) is 0 Å². The average Bonchev–Trinajstić information content (AvgIpc) is 3.21. The molecule has 0 aliphatic heterocycles. The summed E-state index contributed by atoms with van der Waals surface area (Å²) in [5.74, 6) is 1.22. The first-order valence-electron chi connectivity index (χ1n) is 8.96. The Hall–Kier alpha value is -2.50. The second kappa shape index (κ2) is 10.00. The summed E-state index contributed by atoms with van der Waals surface area (Å²) in [6.07, 6.45) is 6.63. The first kappa shape index (κ1) is 19.3. The molecule has 1 aromatic heterocycles. The topological polar surface area (TPSA) is 48.3 Å². The fourth-order valence-electron chi connectivity index (χ4n) is 2.78. The number of benzene rings is 2. The van der Waals surface area contributed by atoms with Gasteiger partial charge >= 0.3 is 0 Å². The van der Waals surface area contributed by atoms with Gasteiger partial charge in [0.1, 0.15) is 6.61 Å². The lowest BCUT2D eigenvalue weighted by molar-refractivity contribution is 0.284. The van der Waals surface area contributed by atoms with Crippen molar-refractivity contribution in [2.24, 2.45) is 0 Å². The van der Waals surface area contributed by atoms with E-state index in [0.717, 1.165) is 37.2 Å². The number of rotatable bonds is 10. The van der Waals surface area contributed by atoms with Gasteiger partial charge in [0.05, 0.1) is 18.5 Å². The highest BCUT2D eigenvalue weighted by atomic mass is 35.5. The van der Waals surface area contributed by atoms with Crippen LogP contribution < -0.4 is 14.8 Å². The smallest absolute Gasteiger partial charge is 0.180 e. The summed E-state index contributed by atoms with van der Waals surface area (Å²) >= 11 is 6.44.